The number of anilines is 1. The maximum atomic E-state index is 12.2. The Morgan fingerprint density at radius 1 is 0.821 bits per heavy atom. The van der Waals surface area contributed by atoms with E-state index in [2.05, 4.69) is 19.2 Å². The number of hydrogen-bond donors (Lipinski definition) is 1. The molecule has 0 fully saturated rings. The summed E-state index contributed by atoms with van der Waals surface area (Å²) in [5.74, 6) is -0.601. The molecule has 0 radical (unpaired) electrons. The van der Waals surface area contributed by atoms with Gasteiger partial charge < -0.3 is 10.1 Å². The maximum absolute atomic E-state index is 12.2. The summed E-state index contributed by atoms with van der Waals surface area (Å²) in [4.78, 5) is 24.4. The molecular weight excluding hydrogens is 350 g/mol. The largest absolute Gasteiger partial charge is 0.452 e. The lowest BCUT2D eigenvalue weighted by Crippen LogP contribution is -2.21. The molecule has 0 unspecified atom stereocenters. The molecule has 1 amide bonds. The fraction of sp³-hybridized carbons (Fsp3) is 0.167. The van der Waals surface area contributed by atoms with E-state index in [-0.39, 0.29) is 18.4 Å². The lowest BCUT2D eigenvalue weighted by molar-refractivity contribution is -0.119. The summed E-state index contributed by atoms with van der Waals surface area (Å²) in [6, 6.07) is 24.7. The van der Waals surface area contributed by atoms with Crippen molar-refractivity contribution in [2.24, 2.45) is 0 Å². The van der Waals surface area contributed by atoms with E-state index < -0.39 is 5.97 Å². The summed E-state index contributed by atoms with van der Waals surface area (Å²) in [6.45, 7) is 3.79. The van der Waals surface area contributed by atoms with Crippen molar-refractivity contribution in [3.8, 4) is 11.1 Å². The lowest BCUT2D eigenvalue weighted by atomic mass is 10.0. The van der Waals surface area contributed by atoms with Crippen molar-refractivity contribution in [2.45, 2.75) is 19.8 Å². The monoisotopic (exact) mass is 373 g/mol. The molecule has 0 aliphatic heterocycles. The van der Waals surface area contributed by atoms with E-state index in [0.717, 1.165) is 22.4 Å². The minimum atomic E-state index is -0.521. The Bertz CT molecular complexity index is 947. The van der Waals surface area contributed by atoms with Crippen LogP contribution in [0.4, 0.5) is 5.69 Å². The molecule has 0 aliphatic rings. The fourth-order valence-electron chi connectivity index (χ4n) is 2.94. The number of amides is 1. The zero-order chi connectivity index (χ0) is 19.9. The van der Waals surface area contributed by atoms with E-state index in [1.54, 1.807) is 12.1 Å². The molecule has 0 saturated heterocycles. The summed E-state index contributed by atoms with van der Waals surface area (Å²) in [6.07, 6.45) is 0. The van der Waals surface area contributed by atoms with Gasteiger partial charge in [0.25, 0.3) is 5.91 Å². The van der Waals surface area contributed by atoms with E-state index >= 15 is 0 Å². The van der Waals surface area contributed by atoms with Crippen LogP contribution in [0, 0.1) is 0 Å². The number of esters is 1. The van der Waals surface area contributed by atoms with Crippen molar-refractivity contribution in [1.82, 2.24) is 0 Å². The quantitative estimate of drug-likeness (QED) is 0.599. The second-order valence-electron chi connectivity index (χ2n) is 6.81. The molecule has 142 valence electrons. The molecule has 0 saturated carbocycles. The first-order valence-corrected chi connectivity index (χ1v) is 9.26. The molecule has 0 spiro atoms. The standard InChI is InChI=1S/C24H23NO3/c1-17(2)21-10-6-7-11-22(21)25-23(26)16-28-24(27)20-14-12-19(13-15-20)18-8-4-3-5-9-18/h3-15,17H,16H2,1-2H3,(H,25,26). The van der Waals surface area contributed by atoms with Gasteiger partial charge in [0.05, 0.1) is 5.56 Å². The van der Waals surface area contributed by atoms with Gasteiger partial charge in [-0.15, -0.1) is 0 Å². The first-order chi connectivity index (χ1) is 13.5. The SMILES string of the molecule is CC(C)c1ccccc1NC(=O)COC(=O)c1ccc(-c2ccccc2)cc1. The van der Waals surface area contributed by atoms with Crippen LogP contribution in [0.3, 0.4) is 0 Å². The van der Waals surface area contributed by atoms with E-state index in [1.807, 2.05) is 66.7 Å². The Hall–Kier alpha value is -3.40. The highest BCUT2D eigenvalue weighted by atomic mass is 16.5. The van der Waals surface area contributed by atoms with Crippen LogP contribution in [-0.2, 0) is 9.53 Å². The van der Waals surface area contributed by atoms with Crippen LogP contribution in [0.5, 0.6) is 0 Å². The minimum absolute atomic E-state index is 0.280. The van der Waals surface area contributed by atoms with Gasteiger partial charge in [-0.05, 0) is 40.8 Å². The molecule has 4 nitrogen and oxygen atoms in total. The second-order valence-corrected chi connectivity index (χ2v) is 6.81. The van der Waals surface area contributed by atoms with Crippen LogP contribution < -0.4 is 5.32 Å². The van der Waals surface area contributed by atoms with Crippen LogP contribution in [0.25, 0.3) is 11.1 Å². The second kappa shape index (κ2) is 9.00. The van der Waals surface area contributed by atoms with Crippen molar-refractivity contribution < 1.29 is 14.3 Å². The van der Waals surface area contributed by atoms with Crippen LogP contribution in [0.2, 0.25) is 0 Å². The third-order valence-electron chi connectivity index (χ3n) is 4.42. The smallest absolute Gasteiger partial charge is 0.338 e. The lowest BCUT2D eigenvalue weighted by Gasteiger charge is -2.13. The van der Waals surface area contributed by atoms with Gasteiger partial charge in [-0.3, -0.25) is 4.79 Å². The Kier molecular flexibility index (Phi) is 6.22. The first-order valence-electron chi connectivity index (χ1n) is 9.26. The van der Waals surface area contributed by atoms with Gasteiger partial charge in [0, 0.05) is 5.69 Å². The van der Waals surface area contributed by atoms with Crippen molar-refractivity contribution in [2.75, 3.05) is 11.9 Å². The Balaban J connectivity index is 1.57. The topological polar surface area (TPSA) is 55.4 Å². The van der Waals surface area contributed by atoms with Gasteiger partial charge in [0.1, 0.15) is 0 Å². The van der Waals surface area contributed by atoms with Crippen molar-refractivity contribution in [1.29, 1.82) is 0 Å². The van der Waals surface area contributed by atoms with Crippen molar-refractivity contribution in [3.05, 3.63) is 90.0 Å². The Morgan fingerprint density at radius 2 is 1.43 bits per heavy atom. The fourth-order valence-corrected chi connectivity index (χ4v) is 2.94. The van der Waals surface area contributed by atoms with Crippen molar-refractivity contribution in [3.63, 3.8) is 0 Å². The third-order valence-corrected chi connectivity index (χ3v) is 4.42. The van der Waals surface area contributed by atoms with Gasteiger partial charge in [0.2, 0.25) is 0 Å². The number of carbonyl (C=O) groups excluding carboxylic acids is 2. The summed E-state index contributed by atoms with van der Waals surface area (Å²) in [7, 11) is 0. The highest BCUT2D eigenvalue weighted by Gasteiger charge is 2.13. The third kappa shape index (κ3) is 4.86. The summed E-state index contributed by atoms with van der Waals surface area (Å²) < 4.78 is 5.16. The van der Waals surface area contributed by atoms with Gasteiger partial charge in [-0.1, -0.05) is 74.5 Å². The normalized spacial score (nSPS) is 10.5. The molecule has 0 bridgehead atoms. The number of rotatable bonds is 6. The molecule has 0 heterocycles. The Labute approximate surface area is 165 Å². The van der Waals surface area contributed by atoms with E-state index in [9.17, 15) is 9.59 Å². The van der Waals surface area contributed by atoms with Gasteiger partial charge >= 0.3 is 5.97 Å². The number of nitrogens with one attached hydrogen (secondary N) is 1. The molecule has 28 heavy (non-hydrogen) atoms. The van der Waals surface area contributed by atoms with Gasteiger partial charge in [-0.25, -0.2) is 4.79 Å². The Morgan fingerprint density at radius 3 is 2.11 bits per heavy atom. The molecule has 1 N–H and O–H groups in total. The molecule has 0 aliphatic carbocycles. The molecule has 3 aromatic rings. The number of para-hydroxylation sites is 1. The maximum Gasteiger partial charge on any atom is 0.338 e. The van der Waals surface area contributed by atoms with Gasteiger partial charge in [-0.2, -0.15) is 0 Å². The van der Waals surface area contributed by atoms with E-state index in [0.29, 0.717) is 5.56 Å². The van der Waals surface area contributed by atoms with Crippen molar-refractivity contribution >= 4 is 17.6 Å². The number of carbonyl (C=O) groups is 2. The molecule has 0 atom stereocenters. The van der Waals surface area contributed by atoms with Crippen LogP contribution >= 0.6 is 0 Å². The van der Waals surface area contributed by atoms with E-state index in [4.69, 9.17) is 4.74 Å². The predicted octanol–water partition coefficient (Wildman–Crippen LogP) is 5.27. The van der Waals surface area contributed by atoms with Crippen LogP contribution in [0.15, 0.2) is 78.9 Å². The average Bonchev–Trinajstić information content (AvgIpc) is 2.73. The molecular formula is C24H23NO3. The van der Waals surface area contributed by atoms with Gasteiger partial charge in [0.15, 0.2) is 6.61 Å². The summed E-state index contributed by atoms with van der Waals surface area (Å²) in [5, 5.41) is 2.81. The zero-order valence-corrected chi connectivity index (χ0v) is 16.0. The molecule has 0 aromatic heterocycles. The average molecular weight is 373 g/mol. The predicted molar refractivity (Wildman–Crippen MR) is 111 cm³/mol. The highest BCUT2D eigenvalue weighted by molar-refractivity contribution is 5.96. The molecule has 4 heteroatoms. The zero-order valence-electron chi connectivity index (χ0n) is 16.0. The number of benzene rings is 3. The van der Waals surface area contributed by atoms with Crippen LogP contribution in [-0.4, -0.2) is 18.5 Å². The minimum Gasteiger partial charge on any atom is -0.452 e. The first kappa shape index (κ1) is 19.4. The summed E-state index contributed by atoms with van der Waals surface area (Å²) >= 11 is 0. The van der Waals surface area contributed by atoms with Crippen LogP contribution in [0.1, 0.15) is 35.7 Å². The summed E-state index contributed by atoms with van der Waals surface area (Å²) in [5.41, 5.74) is 4.28. The highest BCUT2D eigenvalue weighted by Crippen LogP contribution is 2.23. The molecule has 3 rings (SSSR count). The van der Waals surface area contributed by atoms with E-state index in [1.165, 1.54) is 0 Å². The number of hydrogen-bond acceptors (Lipinski definition) is 3. The molecule has 3 aromatic carbocycles. The number of ether oxygens (including phenoxy) is 1.